The van der Waals surface area contributed by atoms with Gasteiger partial charge in [-0.2, -0.15) is 0 Å². The molecule has 0 aliphatic rings. The minimum atomic E-state index is -0.480. The van der Waals surface area contributed by atoms with Crippen LogP contribution in [0.3, 0.4) is 0 Å². The third-order valence-electron chi connectivity index (χ3n) is 1.52. The molecule has 4 heteroatoms. The average molecular weight is 179 g/mol. The topological polar surface area (TPSA) is 52.4 Å². The van der Waals surface area contributed by atoms with Gasteiger partial charge in [-0.1, -0.05) is 12.6 Å². The van der Waals surface area contributed by atoms with Gasteiger partial charge in [0.05, 0.1) is 11.2 Å². The Morgan fingerprint density at radius 2 is 2.31 bits per heavy atom. The van der Waals surface area contributed by atoms with Gasteiger partial charge in [0.1, 0.15) is 0 Å². The van der Waals surface area contributed by atoms with Crippen molar-refractivity contribution in [2.75, 3.05) is 0 Å². The average Bonchev–Trinajstić information content (AvgIpc) is 2.08. The normalized spacial score (nSPS) is 9.31. The Labute approximate surface area is 75.6 Å². The summed E-state index contributed by atoms with van der Waals surface area (Å²) in [6.07, 6.45) is 1.16. The Kier molecular flexibility index (Phi) is 2.64. The van der Waals surface area contributed by atoms with E-state index in [0.29, 0.717) is 0 Å². The third kappa shape index (κ3) is 2.05. The summed E-state index contributed by atoms with van der Waals surface area (Å²) < 4.78 is 4.88. The van der Waals surface area contributed by atoms with Crippen LogP contribution in [0, 0.1) is 17.0 Å². The largest absolute Gasteiger partial charge is 0.458 e. The SMILES string of the molecule is C=COc1ccc(C)cc1[N+](=O)[O-]. The van der Waals surface area contributed by atoms with E-state index < -0.39 is 4.92 Å². The fourth-order valence-corrected chi connectivity index (χ4v) is 0.960. The molecule has 0 N–H and O–H groups in total. The van der Waals surface area contributed by atoms with Gasteiger partial charge in [0.25, 0.3) is 0 Å². The van der Waals surface area contributed by atoms with Crippen molar-refractivity contribution in [2.24, 2.45) is 0 Å². The number of nitrogens with zero attached hydrogens (tertiary/aromatic N) is 1. The van der Waals surface area contributed by atoms with Crippen LogP contribution in [0.2, 0.25) is 0 Å². The molecule has 0 bridgehead atoms. The van der Waals surface area contributed by atoms with Crippen molar-refractivity contribution in [3.8, 4) is 5.75 Å². The highest BCUT2D eigenvalue weighted by molar-refractivity contribution is 5.48. The predicted octanol–water partition coefficient (Wildman–Crippen LogP) is 2.43. The molecule has 0 saturated carbocycles. The summed E-state index contributed by atoms with van der Waals surface area (Å²) >= 11 is 0. The maximum atomic E-state index is 10.5. The van der Waals surface area contributed by atoms with E-state index in [9.17, 15) is 10.1 Å². The van der Waals surface area contributed by atoms with Crippen molar-refractivity contribution >= 4 is 5.69 Å². The molecule has 0 saturated heterocycles. The van der Waals surface area contributed by atoms with Crippen LogP contribution < -0.4 is 4.74 Å². The summed E-state index contributed by atoms with van der Waals surface area (Å²) in [5.41, 5.74) is 0.781. The first-order valence-corrected chi connectivity index (χ1v) is 3.67. The second-order valence-electron chi connectivity index (χ2n) is 2.51. The summed E-state index contributed by atoms with van der Waals surface area (Å²) in [6, 6.07) is 4.75. The molecule has 68 valence electrons. The Morgan fingerprint density at radius 1 is 1.62 bits per heavy atom. The van der Waals surface area contributed by atoms with E-state index >= 15 is 0 Å². The van der Waals surface area contributed by atoms with Gasteiger partial charge in [-0.15, -0.1) is 0 Å². The van der Waals surface area contributed by atoms with Crippen LogP contribution in [0.5, 0.6) is 5.75 Å². The quantitative estimate of drug-likeness (QED) is 0.406. The number of rotatable bonds is 3. The van der Waals surface area contributed by atoms with Crippen molar-refractivity contribution in [1.82, 2.24) is 0 Å². The van der Waals surface area contributed by atoms with Crippen LogP contribution in [0.1, 0.15) is 5.56 Å². The highest BCUT2D eigenvalue weighted by atomic mass is 16.6. The summed E-state index contributed by atoms with van der Waals surface area (Å²) in [5.74, 6) is 0.214. The molecule has 0 aliphatic heterocycles. The highest BCUT2D eigenvalue weighted by Crippen LogP contribution is 2.27. The van der Waals surface area contributed by atoms with Crippen LogP contribution in [0.4, 0.5) is 5.69 Å². The van der Waals surface area contributed by atoms with Gasteiger partial charge < -0.3 is 4.74 Å². The molecular formula is C9H9NO3. The second-order valence-corrected chi connectivity index (χ2v) is 2.51. The first-order valence-electron chi connectivity index (χ1n) is 3.67. The van der Waals surface area contributed by atoms with E-state index in [1.54, 1.807) is 19.1 Å². The Balaban J connectivity index is 3.17. The van der Waals surface area contributed by atoms with Crippen molar-refractivity contribution in [1.29, 1.82) is 0 Å². The molecule has 1 aromatic carbocycles. The number of benzene rings is 1. The van der Waals surface area contributed by atoms with Crippen LogP contribution in [-0.4, -0.2) is 4.92 Å². The lowest BCUT2D eigenvalue weighted by molar-refractivity contribution is -0.385. The smallest absolute Gasteiger partial charge is 0.311 e. The molecule has 0 aliphatic carbocycles. The molecule has 0 atom stereocenters. The third-order valence-corrected chi connectivity index (χ3v) is 1.52. The molecule has 0 radical (unpaired) electrons. The van der Waals surface area contributed by atoms with Gasteiger partial charge in [-0.3, -0.25) is 10.1 Å². The lowest BCUT2D eigenvalue weighted by Gasteiger charge is -2.01. The summed E-state index contributed by atoms with van der Waals surface area (Å²) in [4.78, 5) is 10.1. The highest BCUT2D eigenvalue weighted by Gasteiger charge is 2.13. The van der Waals surface area contributed by atoms with Crippen LogP contribution in [-0.2, 0) is 0 Å². The van der Waals surface area contributed by atoms with Gasteiger partial charge in [0.2, 0.25) is 5.75 Å². The molecule has 0 amide bonds. The van der Waals surface area contributed by atoms with Gasteiger partial charge in [-0.25, -0.2) is 0 Å². The molecule has 4 nitrogen and oxygen atoms in total. The van der Waals surface area contributed by atoms with Gasteiger partial charge in [0.15, 0.2) is 0 Å². The van der Waals surface area contributed by atoms with Crippen molar-refractivity contribution in [3.05, 3.63) is 46.7 Å². The maximum absolute atomic E-state index is 10.5. The summed E-state index contributed by atoms with van der Waals surface area (Å²) in [6.45, 7) is 5.12. The number of aryl methyl sites for hydroxylation is 1. The first-order chi connectivity index (χ1) is 6.15. The van der Waals surface area contributed by atoms with E-state index in [-0.39, 0.29) is 11.4 Å². The number of nitro benzene ring substituents is 1. The zero-order valence-electron chi connectivity index (χ0n) is 7.19. The zero-order chi connectivity index (χ0) is 9.84. The fourth-order valence-electron chi connectivity index (χ4n) is 0.960. The molecule has 1 rings (SSSR count). The first kappa shape index (κ1) is 9.25. The standard InChI is InChI=1S/C9H9NO3/c1-3-13-9-5-4-7(2)6-8(9)10(11)12/h3-6H,1H2,2H3. The number of hydrogen-bond acceptors (Lipinski definition) is 3. The van der Waals surface area contributed by atoms with Crippen LogP contribution >= 0.6 is 0 Å². The lowest BCUT2D eigenvalue weighted by Crippen LogP contribution is -1.93. The fraction of sp³-hybridized carbons (Fsp3) is 0.111. The summed E-state index contributed by atoms with van der Waals surface area (Å²) in [5, 5.41) is 10.5. The minimum Gasteiger partial charge on any atom is -0.458 e. The van der Waals surface area contributed by atoms with E-state index in [4.69, 9.17) is 4.74 Å². The zero-order valence-corrected chi connectivity index (χ0v) is 7.19. The van der Waals surface area contributed by atoms with Crippen molar-refractivity contribution in [3.63, 3.8) is 0 Å². The molecule has 0 heterocycles. The second kappa shape index (κ2) is 3.71. The number of nitro groups is 1. The Hall–Kier alpha value is -1.84. The molecule has 1 aromatic rings. The van der Waals surface area contributed by atoms with Crippen molar-refractivity contribution < 1.29 is 9.66 Å². The minimum absolute atomic E-state index is 0.0418. The van der Waals surface area contributed by atoms with E-state index in [1.165, 1.54) is 6.07 Å². The summed E-state index contributed by atoms with van der Waals surface area (Å²) in [7, 11) is 0. The Morgan fingerprint density at radius 3 is 2.85 bits per heavy atom. The molecule has 0 aromatic heterocycles. The lowest BCUT2D eigenvalue weighted by atomic mass is 10.2. The van der Waals surface area contributed by atoms with Crippen LogP contribution in [0.25, 0.3) is 0 Å². The molecule has 13 heavy (non-hydrogen) atoms. The molecule has 0 spiro atoms. The molecule has 0 fully saturated rings. The molecule has 0 unspecified atom stereocenters. The monoisotopic (exact) mass is 179 g/mol. The van der Waals surface area contributed by atoms with Gasteiger partial charge >= 0.3 is 5.69 Å². The van der Waals surface area contributed by atoms with E-state index in [0.717, 1.165) is 11.8 Å². The molecular weight excluding hydrogens is 170 g/mol. The number of hydrogen-bond donors (Lipinski definition) is 0. The van der Waals surface area contributed by atoms with Gasteiger partial charge in [0, 0.05) is 6.07 Å². The van der Waals surface area contributed by atoms with Crippen LogP contribution in [0.15, 0.2) is 31.0 Å². The van der Waals surface area contributed by atoms with E-state index in [1.807, 2.05) is 0 Å². The Bertz CT molecular complexity index is 347. The predicted molar refractivity (Wildman–Crippen MR) is 48.7 cm³/mol. The van der Waals surface area contributed by atoms with E-state index in [2.05, 4.69) is 6.58 Å². The van der Waals surface area contributed by atoms with Gasteiger partial charge in [-0.05, 0) is 18.6 Å². The maximum Gasteiger partial charge on any atom is 0.311 e. The van der Waals surface area contributed by atoms with Crippen molar-refractivity contribution in [2.45, 2.75) is 6.92 Å². The number of ether oxygens (including phenoxy) is 1.